The van der Waals surface area contributed by atoms with Gasteiger partial charge < -0.3 is 63.3 Å². The zero-order valence-corrected chi connectivity index (χ0v) is 71.3. The monoisotopic (exact) mass is 1640 g/mol. The Kier molecular flexibility index (Phi) is 48.8. The van der Waals surface area contributed by atoms with E-state index < -0.39 is 11.8 Å². The summed E-state index contributed by atoms with van der Waals surface area (Å²) in [7, 11) is 0. The lowest BCUT2D eigenvalue weighted by atomic mass is 9.91. The highest BCUT2D eigenvalue weighted by atomic mass is 16.5. The van der Waals surface area contributed by atoms with Crippen LogP contribution in [-0.4, -0.2) is 138 Å². The SMILES string of the molecule is CCOC(=O)C(CC(=O)CCc1ccc(N)cc1)CC(C)C.CCOC(=O)[C@@H](CCCCNC(C)=O)CC(=O)CCc1ccc(N)cc1.CCOC(=O)[C@@H](CCCNC(C)=O)CC(=O)CCc1ccc(N)cc1.Nc1ccc(CCC(=O)CCC(=O)N2CCCC2)cc1.Nc1ccc(CCC(=O)CCC(=O)N2CCCC2c2ccccn2)cc1. The van der Waals surface area contributed by atoms with Gasteiger partial charge in [-0.25, -0.2) is 0 Å². The Morgan fingerprint density at radius 1 is 0.403 bits per heavy atom. The lowest BCUT2D eigenvalue weighted by Crippen LogP contribution is -2.31. The molecule has 12 N–H and O–H groups in total. The Bertz CT molecular complexity index is 4040. The van der Waals surface area contributed by atoms with Gasteiger partial charge in [-0.2, -0.15) is 0 Å². The number of nitrogens with two attached hydrogens (primary N) is 5. The van der Waals surface area contributed by atoms with Gasteiger partial charge >= 0.3 is 17.9 Å². The number of rotatable bonds is 45. The normalized spacial score (nSPS) is 13.3. The fourth-order valence-corrected chi connectivity index (χ4v) is 13.5. The van der Waals surface area contributed by atoms with Crippen LogP contribution in [0.4, 0.5) is 28.4 Å². The number of unbranched alkanes of at least 4 members (excludes halogenated alkanes) is 1. The molecule has 2 aliphatic rings. The van der Waals surface area contributed by atoms with E-state index in [1.807, 2.05) is 163 Å². The van der Waals surface area contributed by atoms with E-state index in [0.717, 1.165) is 115 Å². The van der Waals surface area contributed by atoms with Gasteiger partial charge in [-0.15, -0.1) is 0 Å². The second-order valence-corrected chi connectivity index (χ2v) is 30.7. The van der Waals surface area contributed by atoms with Crippen molar-refractivity contribution in [3.8, 4) is 0 Å². The molecule has 2 fully saturated rings. The molecule has 4 atom stereocenters. The van der Waals surface area contributed by atoms with Gasteiger partial charge in [0.25, 0.3) is 0 Å². The van der Waals surface area contributed by atoms with Gasteiger partial charge in [0.15, 0.2) is 0 Å². The number of ketones is 5. The number of Topliss-reactive ketones (excluding diaryl/α,β-unsaturated/α-hetero) is 5. The standard InChI is InChI=1S/C21H25N3O2.C20H30N2O4.C19H28N2O4.C18H27NO3.C16H22N2O2/c22-17-9-6-16(7-10-17)8-11-18(25)12-13-21(26)24-15-3-5-20(24)19-4-1-2-14-23-19;1-3-26-20(25)17(6-4-5-13-22-15(2)23)14-19(24)12-9-16-7-10-18(21)11-8-16;1-3-25-19(24)16(5-4-12-21-14(2)22)13-18(23)11-8-15-6-9-17(20)10-7-15;1-4-22-18(21)15(11-13(2)3)12-17(20)10-7-14-5-8-16(19)9-6-14;17-14-6-3-13(4-7-14)5-8-15(19)9-10-16(20)18-11-1-2-12-18/h1-2,4,6-7,9-10,14,20H,3,5,8,11-13,15,22H2;7-8,10-11,17H,3-6,9,12-14,21H2,1-2H3,(H,22,23);6-7,9-10,16H,3-5,8,11-13,20H2,1-2H3,(H,21,22);5-6,8-9,13,15H,4,7,10-12,19H2,1-3H3;3-4,6-7H,1-2,5,8-12,17H2/t;17-;16-;;/m.00../s1. The van der Waals surface area contributed by atoms with Crippen LogP contribution < -0.4 is 39.3 Å². The van der Waals surface area contributed by atoms with Gasteiger partial charge in [0.2, 0.25) is 23.6 Å². The zero-order chi connectivity index (χ0) is 87.3. The molecule has 0 bridgehead atoms. The fraction of sp³-hybridized carbons (Fsp3) is 0.500. The van der Waals surface area contributed by atoms with Gasteiger partial charge in [-0.3, -0.25) is 62.5 Å². The number of nitrogens with one attached hydrogen (secondary N) is 2. The predicted molar refractivity (Wildman–Crippen MR) is 467 cm³/mol. The molecule has 2 saturated heterocycles. The third-order valence-corrected chi connectivity index (χ3v) is 20.2. The van der Waals surface area contributed by atoms with Crippen LogP contribution >= 0.6 is 0 Å². The van der Waals surface area contributed by atoms with E-state index in [1.54, 1.807) is 27.0 Å². The maximum Gasteiger partial charge on any atom is 0.309 e. The molecule has 0 saturated carbocycles. The quantitative estimate of drug-likeness (QED) is 0.00808. The van der Waals surface area contributed by atoms with E-state index in [4.69, 9.17) is 42.9 Å². The van der Waals surface area contributed by atoms with Crippen LogP contribution in [0.1, 0.15) is 229 Å². The van der Waals surface area contributed by atoms with Crippen molar-refractivity contribution in [3.63, 3.8) is 0 Å². The molecule has 25 heteroatoms. The minimum atomic E-state index is -0.451. The van der Waals surface area contributed by atoms with Gasteiger partial charge in [-0.05, 0) is 217 Å². The number of carbonyl (C=O) groups excluding carboxylic acids is 12. The number of benzene rings is 5. The van der Waals surface area contributed by atoms with E-state index in [9.17, 15) is 57.5 Å². The summed E-state index contributed by atoms with van der Waals surface area (Å²) in [6.45, 7) is 16.8. The molecule has 2 aliphatic heterocycles. The van der Waals surface area contributed by atoms with Gasteiger partial charge in [0.1, 0.15) is 28.9 Å². The van der Waals surface area contributed by atoms with Crippen LogP contribution in [0.15, 0.2) is 146 Å². The van der Waals surface area contributed by atoms with Gasteiger partial charge in [0, 0.05) is 158 Å². The summed E-state index contributed by atoms with van der Waals surface area (Å²) in [5.74, 6) is -1.22. The highest BCUT2D eigenvalue weighted by Gasteiger charge is 2.31. The number of ether oxygens (including phenoxy) is 3. The number of aryl methyl sites for hydroxylation is 5. The average Bonchev–Trinajstić information content (AvgIpc) is 1.70. The molecule has 648 valence electrons. The number of hydrogen-bond acceptors (Lipinski definition) is 21. The second kappa shape index (κ2) is 57.9. The van der Waals surface area contributed by atoms with E-state index in [2.05, 4.69) is 15.6 Å². The zero-order valence-electron chi connectivity index (χ0n) is 71.3. The Hall–Kier alpha value is -11.1. The van der Waals surface area contributed by atoms with Crippen LogP contribution in [0.3, 0.4) is 0 Å². The lowest BCUT2D eigenvalue weighted by molar-refractivity contribution is -0.150. The number of esters is 3. The summed E-state index contributed by atoms with van der Waals surface area (Å²) in [4.78, 5) is 151. The van der Waals surface area contributed by atoms with Crippen molar-refractivity contribution < 1.29 is 71.7 Å². The highest BCUT2D eigenvalue weighted by Crippen LogP contribution is 2.32. The Labute approximate surface area is 704 Å². The first-order chi connectivity index (χ1) is 57.0. The van der Waals surface area contributed by atoms with E-state index in [1.165, 1.54) is 13.8 Å². The number of likely N-dealkylation sites (tertiary alicyclic amines) is 2. The van der Waals surface area contributed by atoms with Crippen LogP contribution in [0.2, 0.25) is 0 Å². The molecule has 0 radical (unpaired) electrons. The first kappa shape index (κ1) is 100. The summed E-state index contributed by atoms with van der Waals surface area (Å²) in [6.07, 6.45) is 17.3. The van der Waals surface area contributed by atoms with Crippen molar-refractivity contribution in [2.45, 2.75) is 228 Å². The number of aromatic nitrogens is 1. The van der Waals surface area contributed by atoms with Crippen molar-refractivity contribution in [2.75, 3.05) is 81.2 Å². The number of nitrogens with zero attached hydrogens (tertiary/aromatic N) is 3. The molecule has 5 aromatic carbocycles. The highest BCUT2D eigenvalue weighted by molar-refractivity contribution is 5.88. The predicted octanol–water partition coefficient (Wildman–Crippen LogP) is 13.8. The molecule has 1 aromatic heterocycles. The second-order valence-electron chi connectivity index (χ2n) is 30.7. The lowest BCUT2D eigenvalue weighted by Gasteiger charge is -2.24. The molecular weight excluding hydrogens is 1510 g/mol. The molecule has 8 rings (SSSR count). The van der Waals surface area contributed by atoms with Crippen molar-refractivity contribution in [1.29, 1.82) is 0 Å². The number of pyridine rings is 1. The summed E-state index contributed by atoms with van der Waals surface area (Å²) in [6, 6.07) is 43.4. The molecule has 4 amide bonds. The maximum atomic E-state index is 12.6. The Morgan fingerprint density at radius 2 is 0.748 bits per heavy atom. The van der Waals surface area contributed by atoms with Crippen LogP contribution in [0.5, 0.6) is 0 Å². The van der Waals surface area contributed by atoms with Crippen molar-refractivity contribution >= 4 is 98.9 Å². The van der Waals surface area contributed by atoms with E-state index in [-0.39, 0.29) is 108 Å². The smallest absolute Gasteiger partial charge is 0.309 e. The summed E-state index contributed by atoms with van der Waals surface area (Å²) in [5.41, 5.74) is 38.1. The van der Waals surface area contributed by atoms with E-state index >= 15 is 0 Å². The molecule has 0 aliphatic carbocycles. The van der Waals surface area contributed by atoms with Crippen LogP contribution in [0, 0.1) is 23.7 Å². The van der Waals surface area contributed by atoms with Gasteiger partial charge in [-0.1, -0.05) is 87.0 Å². The van der Waals surface area contributed by atoms with Gasteiger partial charge in [0.05, 0.1) is 49.3 Å². The van der Waals surface area contributed by atoms with Crippen LogP contribution in [0.25, 0.3) is 0 Å². The number of carbonyl (C=O) groups is 12. The molecule has 119 heavy (non-hydrogen) atoms. The largest absolute Gasteiger partial charge is 0.466 e. The first-order valence-electron chi connectivity index (χ1n) is 42.3. The molecule has 0 spiro atoms. The molecule has 6 aromatic rings. The fourth-order valence-electron chi connectivity index (χ4n) is 13.5. The van der Waals surface area contributed by atoms with Crippen LogP contribution in [-0.2, 0) is 104 Å². The third-order valence-electron chi connectivity index (χ3n) is 20.2. The topological polar surface area (TPSA) is 406 Å². The average molecular weight is 1640 g/mol. The number of anilines is 5. The maximum absolute atomic E-state index is 12.6. The Morgan fingerprint density at radius 3 is 1.10 bits per heavy atom. The molecule has 2 unspecified atom stereocenters. The Balaban J connectivity index is 0.000000314. The van der Waals surface area contributed by atoms with E-state index in [0.29, 0.717) is 153 Å². The summed E-state index contributed by atoms with van der Waals surface area (Å²) in [5, 5.41) is 5.42. The minimum absolute atomic E-state index is 0.0365. The third kappa shape index (κ3) is 44.3. The first-order valence-corrected chi connectivity index (χ1v) is 42.3. The van der Waals surface area contributed by atoms with Crippen molar-refractivity contribution in [1.82, 2.24) is 25.4 Å². The summed E-state index contributed by atoms with van der Waals surface area (Å²) < 4.78 is 15.2. The summed E-state index contributed by atoms with van der Waals surface area (Å²) >= 11 is 0. The number of amides is 4. The van der Waals surface area contributed by atoms with Crippen molar-refractivity contribution in [2.24, 2.45) is 23.7 Å². The number of hydrogen-bond donors (Lipinski definition) is 7. The number of nitrogen functional groups attached to an aromatic ring is 5. The molecule has 3 heterocycles. The molecular formula is C94H132N10O15. The molecule has 25 nitrogen and oxygen atoms in total. The minimum Gasteiger partial charge on any atom is -0.466 e. The van der Waals surface area contributed by atoms with Crippen molar-refractivity contribution in [3.05, 3.63) is 179 Å².